The minimum Gasteiger partial charge on any atom is -0.325 e. The number of aromatic nitrogens is 1. The maximum atomic E-state index is 12.7. The smallest absolute Gasteiger partial charge is 0.259 e. The molecule has 2 aliphatic rings. The molecule has 4 rings (SSSR count). The van der Waals surface area contributed by atoms with Gasteiger partial charge in [0.15, 0.2) is 0 Å². The molecule has 0 spiro atoms. The molecular weight excluding hydrogens is 399 g/mol. The van der Waals surface area contributed by atoms with Crippen LogP contribution in [0.3, 0.4) is 0 Å². The molecule has 6 nitrogen and oxygen atoms in total. The van der Waals surface area contributed by atoms with Gasteiger partial charge in [0, 0.05) is 30.3 Å². The van der Waals surface area contributed by atoms with Crippen LogP contribution in [0.5, 0.6) is 0 Å². The Balaban J connectivity index is 0.00000140. The van der Waals surface area contributed by atoms with Crippen LogP contribution in [0.4, 0.5) is 11.4 Å². The van der Waals surface area contributed by atoms with Crippen LogP contribution in [-0.2, 0) is 11.2 Å². The van der Waals surface area contributed by atoms with Crippen molar-refractivity contribution in [2.75, 3.05) is 29.9 Å². The van der Waals surface area contributed by atoms with Crippen molar-refractivity contribution >= 4 is 48.0 Å². The summed E-state index contributed by atoms with van der Waals surface area (Å²) in [6, 6.07) is 9.26. The average molecular weight is 423 g/mol. The van der Waals surface area contributed by atoms with Gasteiger partial charge in [-0.3, -0.25) is 14.6 Å². The second-order valence-electron chi connectivity index (χ2n) is 6.91. The maximum absolute atomic E-state index is 12.7. The number of anilines is 2. The number of rotatable bonds is 6. The quantitative estimate of drug-likeness (QED) is 0.749. The summed E-state index contributed by atoms with van der Waals surface area (Å²) in [4.78, 5) is 30.5. The number of nitrogens with zero attached hydrogens (tertiary/aromatic N) is 2. The molecule has 0 saturated heterocycles. The van der Waals surface area contributed by atoms with Crippen molar-refractivity contribution in [2.45, 2.75) is 19.3 Å². The number of amides is 2. The van der Waals surface area contributed by atoms with Gasteiger partial charge in [0.2, 0.25) is 5.91 Å². The van der Waals surface area contributed by atoms with Gasteiger partial charge in [0.25, 0.3) is 5.91 Å². The van der Waals surface area contributed by atoms with Crippen molar-refractivity contribution in [1.82, 2.24) is 10.3 Å². The summed E-state index contributed by atoms with van der Waals surface area (Å²) in [7, 11) is 0. The first-order valence-electron chi connectivity index (χ1n) is 9.06. The van der Waals surface area contributed by atoms with Crippen LogP contribution in [0.1, 0.15) is 28.8 Å². The Morgan fingerprint density at radius 2 is 2.00 bits per heavy atom. The van der Waals surface area contributed by atoms with Gasteiger partial charge in [-0.05, 0) is 67.6 Å². The first-order chi connectivity index (χ1) is 12.7. The molecule has 0 radical (unpaired) electrons. The predicted octanol–water partition coefficient (Wildman–Crippen LogP) is 3.07. The highest BCUT2D eigenvalue weighted by Crippen LogP contribution is 2.31. The molecule has 1 aliphatic heterocycles. The zero-order chi connectivity index (χ0) is 17.9. The topological polar surface area (TPSA) is 74.3 Å². The molecule has 2 N–H and O–H groups in total. The lowest BCUT2D eigenvalue weighted by atomic mass is 10.1. The average Bonchev–Trinajstić information content (AvgIpc) is 3.39. The van der Waals surface area contributed by atoms with E-state index in [1.165, 1.54) is 12.8 Å². The Kier molecular flexibility index (Phi) is 7.80. The van der Waals surface area contributed by atoms with E-state index in [-0.39, 0.29) is 36.6 Å². The number of benzene rings is 1. The van der Waals surface area contributed by atoms with Crippen LogP contribution in [0, 0.1) is 5.92 Å². The second kappa shape index (κ2) is 9.87. The fourth-order valence-electron chi connectivity index (χ4n) is 3.25. The minimum atomic E-state index is -0.0436. The lowest BCUT2D eigenvalue weighted by Crippen LogP contribution is -2.29. The van der Waals surface area contributed by atoms with Gasteiger partial charge in [0.1, 0.15) is 0 Å². The molecule has 1 aromatic heterocycles. The van der Waals surface area contributed by atoms with Crippen molar-refractivity contribution in [1.29, 1.82) is 0 Å². The minimum absolute atomic E-state index is 0. The van der Waals surface area contributed by atoms with Crippen molar-refractivity contribution in [3.05, 3.63) is 53.9 Å². The lowest BCUT2D eigenvalue weighted by molar-refractivity contribution is -0.115. The monoisotopic (exact) mass is 422 g/mol. The summed E-state index contributed by atoms with van der Waals surface area (Å²) < 4.78 is 0. The molecule has 2 aromatic rings. The standard InChI is InChI=1S/C20H22N4O2.2ClH/c25-19(13-22-11-14-3-4-14)23-17-5-6-18-15(10-17)7-9-24(18)20(26)16-2-1-8-21-12-16;;/h1-2,5-6,8,10,12,14,22H,3-4,7,9,11,13H2,(H,23,25);2*1H. The van der Waals surface area contributed by atoms with E-state index in [0.29, 0.717) is 18.7 Å². The van der Waals surface area contributed by atoms with Crippen molar-refractivity contribution < 1.29 is 9.59 Å². The summed E-state index contributed by atoms with van der Waals surface area (Å²) in [6.07, 6.45) is 6.57. The van der Waals surface area contributed by atoms with Crippen molar-refractivity contribution in [2.24, 2.45) is 5.92 Å². The Bertz CT molecular complexity index is 828. The van der Waals surface area contributed by atoms with Crippen LogP contribution >= 0.6 is 24.8 Å². The maximum Gasteiger partial charge on any atom is 0.259 e. The highest BCUT2D eigenvalue weighted by Gasteiger charge is 2.26. The molecule has 0 atom stereocenters. The Morgan fingerprint density at radius 1 is 1.18 bits per heavy atom. The Hall–Kier alpha value is -2.15. The van der Waals surface area contributed by atoms with Crippen molar-refractivity contribution in [3.63, 3.8) is 0 Å². The van der Waals surface area contributed by atoms with Crippen molar-refractivity contribution in [3.8, 4) is 0 Å². The predicted molar refractivity (Wildman–Crippen MR) is 115 cm³/mol. The van der Waals surface area contributed by atoms with E-state index >= 15 is 0 Å². The second-order valence-corrected chi connectivity index (χ2v) is 6.91. The van der Waals surface area contributed by atoms with Gasteiger partial charge in [-0.1, -0.05) is 0 Å². The number of carbonyl (C=O) groups excluding carboxylic acids is 2. The van der Waals surface area contributed by atoms with Crippen LogP contribution in [0.15, 0.2) is 42.7 Å². The third kappa shape index (κ3) is 5.22. The molecule has 1 saturated carbocycles. The van der Waals surface area contributed by atoms with Gasteiger partial charge in [-0.25, -0.2) is 0 Å². The van der Waals surface area contributed by atoms with Crippen LogP contribution in [0.2, 0.25) is 0 Å². The molecular formula is C20H24Cl2N4O2. The number of halogens is 2. The highest BCUT2D eigenvalue weighted by atomic mass is 35.5. The zero-order valence-electron chi connectivity index (χ0n) is 15.4. The molecule has 0 bridgehead atoms. The van der Waals surface area contributed by atoms with Gasteiger partial charge in [-0.2, -0.15) is 0 Å². The number of carbonyl (C=O) groups is 2. The normalized spacial score (nSPS) is 14.5. The summed E-state index contributed by atoms with van der Waals surface area (Å²) >= 11 is 0. The molecule has 2 amide bonds. The van der Waals surface area contributed by atoms with Crippen LogP contribution in [-0.4, -0.2) is 36.4 Å². The van der Waals surface area contributed by atoms with Crippen LogP contribution < -0.4 is 15.5 Å². The summed E-state index contributed by atoms with van der Waals surface area (Å²) in [5, 5.41) is 6.12. The Morgan fingerprint density at radius 3 is 2.71 bits per heavy atom. The van der Waals surface area contributed by atoms with E-state index in [2.05, 4.69) is 15.6 Å². The van der Waals surface area contributed by atoms with E-state index in [0.717, 1.165) is 35.8 Å². The molecule has 1 fully saturated rings. The number of nitrogens with one attached hydrogen (secondary N) is 2. The van der Waals surface area contributed by atoms with Gasteiger partial charge in [0.05, 0.1) is 12.1 Å². The van der Waals surface area contributed by atoms with E-state index in [9.17, 15) is 9.59 Å². The fraction of sp³-hybridized carbons (Fsp3) is 0.350. The molecule has 0 unspecified atom stereocenters. The number of hydrogen-bond donors (Lipinski definition) is 2. The van der Waals surface area contributed by atoms with E-state index < -0.39 is 0 Å². The number of hydrogen-bond acceptors (Lipinski definition) is 4. The fourth-order valence-corrected chi connectivity index (χ4v) is 3.25. The summed E-state index contributed by atoms with van der Waals surface area (Å²) in [5.41, 5.74) is 3.34. The van der Waals surface area contributed by atoms with Gasteiger partial charge >= 0.3 is 0 Å². The Labute approximate surface area is 176 Å². The molecule has 1 aromatic carbocycles. The number of fused-ring (bicyclic) bond motifs is 1. The summed E-state index contributed by atoms with van der Waals surface area (Å²) in [6.45, 7) is 1.89. The zero-order valence-corrected chi connectivity index (χ0v) is 17.0. The first kappa shape index (κ1) is 22.1. The van der Waals surface area contributed by atoms with E-state index in [1.807, 2.05) is 18.2 Å². The third-order valence-corrected chi connectivity index (χ3v) is 4.83. The number of pyridine rings is 1. The van der Waals surface area contributed by atoms with Gasteiger partial charge in [-0.15, -0.1) is 24.8 Å². The largest absolute Gasteiger partial charge is 0.325 e. The molecule has 28 heavy (non-hydrogen) atoms. The molecule has 2 heterocycles. The van der Waals surface area contributed by atoms with Gasteiger partial charge < -0.3 is 15.5 Å². The lowest BCUT2D eigenvalue weighted by Gasteiger charge is -2.17. The third-order valence-electron chi connectivity index (χ3n) is 4.83. The molecule has 8 heteroatoms. The van der Waals surface area contributed by atoms with Crippen LogP contribution in [0.25, 0.3) is 0 Å². The molecule has 1 aliphatic carbocycles. The highest BCUT2D eigenvalue weighted by molar-refractivity contribution is 6.07. The van der Waals surface area contributed by atoms with E-state index in [4.69, 9.17) is 0 Å². The first-order valence-corrected chi connectivity index (χ1v) is 9.06. The summed E-state index contributed by atoms with van der Waals surface area (Å²) in [5.74, 6) is 0.677. The SMILES string of the molecule is Cl.Cl.O=C(CNCC1CC1)Nc1ccc2c(c1)CCN2C(=O)c1cccnc1. The van der Waals surface area contributed by atoms with E-state index in [1.54, 1.807) is 29.4 Å². The molecule has 150 valence electrons.